The maximum Gasteiger partial charge on any atom is 0.332 e. The molecule has 0 amide bonds. The number of hydrogen-bond acceptors (Lipinski definition) is 5. The van der Waals surface area contributed by atoms with Crippen LogP contribution in [0.15, 0.2) is 12.4 Å². The van der Waals surface area contributed by atoms with Gasteiger partial charge in [0.1, 0.15) is 12.1 Å². The van der Waals surface area contributed by atoms with Crippen LogP contribution in [-0.4, -0.2) is 39.8 Å². The van der Waals surface area contributed by atoms with Gasteiger partial charge in [0.25, 0.3) is 0 Å². The van der Waals surface area contributed by atoms with E-state index in [1.165, 1.54) is 6.33 Å². The molecule has 2 heterocycles. The van der Waals surface area contributed by atoms with E-state index in [1.54, 1.807) is 0 Å². The fraction of sp³-hybridized carbons (Fsp3) is 0.545. The molecule has 0 aromatic carbocycles. The van der Waals surface area contributed by atoms with Crippen molar-refractivity contribution in [2.75, 3.05) is 11.9 Å². The molecule has 1 aliphatic heterocycles. The zero-order chi connectivity index (χ0) is 12.3. The van der Waals surface area contributed by atoms with Crippen LogP contribution in [0.3, 0.4) is 0 Å². The lowest BCUT2D eigenvalue weighted by Gasteiger charge is -2.12. The van der Waals surface area contributed by atoms with Crippen LogP contribution in [0.25, 0.3) is 0 Å². The summed E-state index contributed by atoms with van der Waals surface area (Å²) in [5, 5.41) is 11.9. The van der Waals surface area contributed by atoms with Crippen molar-refractivity contribution < 1.29 is 14.6 Å². The van der Waals surface area contributed by atoms with Gasteiger partial charge in [-0.05, 0) is 19.8 Å². The summed E-state index contributed by atoms with van der Waals surface area (Å²) in [4.78, 5) is 18.8. The van der Waals surface area contributed by atoms with Gasteiger partial charge in [-0.25, -0.2) is 14.8 Å². The number of aryl methyl sites for hydroxylation is 1. The van der Waals surface area contributed by atoms with E-state index in [0.29, 0.717) is 13.0 Å². The smallest absolute Gasteiger partial charge is 0.332 e. The van der Waals surface area contributed by atoms with Gasteiger partial charge < -0.3 is 15.2 Å². The van der Waals surface area contributed by atoms with Crippen molar-refractivity contribution in [3.05, 3.63) is 18.1 Å². The number of ether oxygens (including phenoxy) is 1. The maximum atomic E-state index is 10.7. The highest BCUT2D eigenvalue weighted by atomic mass is 16.5. The molecule has 2 rings (SSSR count). The lowest BCUT2D eigenvalue weighted by atomic mass is 10.2. The summed E-state index contributed by atoms with van der Waals surface area (Å²) in [5.74, 6) is -0.148. The molecule has 1 fully saturated rings. The summed E-state index contributed by atoms with van der Waals surface area (Å²) < 4.78 is 5.37. The summed E-state index contributed by atoms with van der Waals surface area (Å²) in [7, 11) is 0. The molecule has 1 aliphatic rings. The first-order chi connectivity index (χ1) is 8.15. The molecule has 0 aliphatic carbocycles. The number of rotatable bonds is 4. The Hall–Kier alpha value is -1.69. The van der Waals surface area contributed by atoms with Gasteiger partial charge in [-0.3, -0.25) is 0 Å². The normalized spacial score (nSPS) is 23.6. The fourth-order valence-electron chi connectivity index (χ4n) is 1.81. The summed E-state index contributed by atoms with van der Waals surface area (Å²) in [5.41, 5.74) is 0.887. The maximum absolute atomic E-state index is 10.7. The molecule has 0 spiro atoms. The molecular weight excluding hydrogens is 222 g/mol. The molecule has 6 nitrogen and oxygen atoms in total. The quantitative estimate of drug-likeness (QED) is 0.806. The summed E-state index contributed by atoms with van der Waals surface area (Å²) >= 11 is 0. The third-order valence-corrected chi connectivity index (χ3v) is 2.70. The number of hydrogen-bond donors (Lipinski definition) is 2. The highest BCUT2D eigenvalue weighted by Gasteiger charge is 2.30. The molecule has 2 N–H and O–H groups in total. The van der Waals surface area contributed by atoms with Gasteiger partial charge in [-0.1, -0.05) is 0 Å². The van der Waals surface area contributed by atoms with Gasteiger partial charge in [0.2, 0.25) is 0 Å². The van der Waals surface area contributed by atoms with Crippen molar-refractivity contribution in [3.63, 3.8) is 0 Å². The third-order valence-electron chi connectivity index (χ3n) is 2.70. The number of carboxylic acids is 1. The fourth-order valence-corrected chi connectivity index (χ4v) is 1.81. The minimum atomic E-state index is -0.884. The van der Waals surface area contributed by atoms with Crippen molar-refractivity contribution >= 4 is 11.8 Å². The lowest BCUT2D eigenvalue weighted by molar-refractivity contribution is -0.149. The molecular formula is C11H15N3O3. The first kappa shape index (κ1) is 11.8. The molecule has 17 heavy (non-hydrogen) atoms. The summed E-state index contributed by atoms with van der Waals surface area (Å²) in [6.07, 6.45) is 2.10. The predicted octanol–water partition coefficient (Wildman–Crippen LogP) is 0.829. The molecule has 0 saturated carbocycles. The van der Waals surface area contributed by atoms with Gasteiger partial charge in [0, 0.05) is 18.3 Å². The number of carbonyl (C=O) groups is 1. The number of aromatic nitrogens is 2. The van der Waals surface area contributed by atoms with E-state index in [-0.39, 0.29) is 6.10 Å². The van der Waals surface area contributed by atoms with Crippen LogP contribution < -0.4 is 5.32 Å². The van der Waals surface area contributed by atoms with E-state index in [0.717, 1.165) is 17.9 Å². The number of anilines is 1. The highest BCUT2D eigenvalue weighted by molar-refractivity contribution is 5.72. The van der Waals surface area contributed by atoms with Gasteiger partial charge >= 0.3 is 5.97 Å². The first-order valence-corrected chi connectivity index (χ1v) is 5.56. The molecule has 0 bridgehead atoms. The molecule has 92 valence electrons. The minimum Gasteiger partial charge on any atom is -0.479 e. The Bertz CT molecular complexity index is 411. The van der Waals surface area contributed by atoms with Gasteiger partial charge in [-0.2, -0.15) is 0 Å². The van der Waals surface area contributed by atoms with Crippen LogP contribution in [0.1, 0.15) is 18.5 Å². The average Bonchev–Trinajstić information content (AvgIpc) is 2.75. The summed E-state index contributed by atoms with van der Waals surface area (Å²) in [6, 6.07) is 1.84. The van der Waals surface area contributed by atoms with Crippen LogP contribution in [0, 0.1) is 6.92 Å². The van der Waals surface area contributed by atoms with Crippen LogP contribution in [0.5, 0.6) is 0 Å². The highest BCUT2D eigenvalue weighted by Crippen LogP contribution is 2.20. The van der Waals surface area contributed by atoms with Gasteiger partial charge in [-0.15, -0.1) is 0 Å². The molecule has 0 radical (unpaired) electrons. The Morgan fingerprint density at radius 2 is 2.41 bits per heavy atom. The largest absolute Gasteiger partial charge is 0.479 e. The molecule has 2 atom stereocenters. The van der Waals surface area contributed by atoms with Gasteiger partial charge in [0.15, 0.2) is 6.10 Å². The van der Waals surface area contributed by atoms with E-state index in [4.69, 9.17) is 9.84 Å². The topological polar surface area (TPSA) is 84.3 Å². The second-order valence-electron chi connectivity index (χ2n) is 4.09. The molecule has 1 saturated heterocycles. The lowest BCUT2D eigenvalue weighted by Crippen LogP contribution is -2.24. The van der Waals surface area contributed by atoms with E-state index >= 15 is 0 Å². The zero-order valence-corrected chi connectivity index (χ0v) is 9.59. The Labute approximate surface area is 99.0 Å². The van der Waals surface area contributed by atoms with E-state index in [2.05, 4.69) is 15.3 Å². The Kier molecular flexibility index (Phi) is 3.53. The Balaban J connectivity index is 1.82. The minimum absolute atomic E-state index is 0.0635. The number of nitrogens with one attached hydrogen (secondary N) is 1. The van der Waals surface area contributed by atoms with Crippen molar-refractivity contribution in [2.45, 2.75) is 32.0 Å². The zero-order valence-electron chi connectivity index (χ0n) is 9.59. The average molecular weight is 237 g/mol. The number of carboxylic acid groups (broad SMARTS) is 1. The second-order valence-corrected chi connectivity index (χ2v) is 4.09. The van der Waals surface area contributed by atoms with Crippen molar-refractivity contribution in [3.8, 4) is 0 Å². The molecule has 2 unspecified atom stereocenters. The molecule has 1 aromatic rings. The predicted molar refractivity (Wildman–Crippen MR) is 60.8 cm³/mol. The Morgan fingerprint density at radius 3 is 3.06 bits per heavy atom. The molecule has 1 aromatic heterocycles. The van der Waals surface area contributed by atoms with Gasteiger partial charge in [0.05, 0.1) is 6.10 Å². The van der Waals surface area contributed by atoms with Crippen LogP contribution >= 0.6 is 0 Å². The van der Waals surface area contributed by atoms with E-state index in [9.17, 15) is 4.79 Å². The second kappa shape index (κ2) is 5.09. The van der Waals surface area contributed by atoms with Crippen LogP contribution in [-0.2, 0) is 9.53 Å². The van der Waals surface area contributed by atoms with Crippen molar-refractivity contribution in [1.29, 1.82) is 0 Å². The third kappa shape index (κ3) is 3.13. The number of nitrogens with zero attached hydrogens (tertiary/aromatic N) is 2. The van der Waals surface area contributed by atoms with Crippen LogP contribution in [0.2, 0.25) is 0 Å². The Morgan fingerprint density at radius 1 is 1.59 bits per heavy atom. The van der Waals surface area contributed by atoms with Crippen molar-refractivity contribution in [1.82, 2.24) is 9.97 Å². The standard InChI is InChI=1S/C11H15N3O3/c1-7-4-10(14-6-13-7)12-5-8-2-3-9(17-8)11(15)16/h4,6,8-9H,2-3,5H2,1H3,(H,15,16)(H,12,13,14). The SMILES string of the molecule is Cc1cc(NCC2CCC(C(=O)O)O2)ncn1. The monoisotopic (exact) mass is 237 g/mol. The first-order valence-electron chi connectivity index (χ1n) is 5.56. The van der Waals surface area contributed by atoms with Crippen LogP contribution in [0.4, 0.5) is 5.82 Å². The number of aliphatic carboxylic acids is 1. The summed E-state index contributed by atoms with van der Waals surface area (Å²) in [6.45, 7) is 2.46. The van der Waals surface area contributed by atoms with Crippen molar-refractivity contribution in [2.24, 2.45) is 0 Å². The van der Waals surface area contributed by atoms with E-state index < -0.39 is 12.1 Å². The molecule has 6 heteroatoms. The van der Waals surface area contributed by atoms with E-state index in [1.807, 2.05) is 13.0 Å².